The van der Waals surface area contributed by atoms with Crippen molar-refractivity contribution < 1.29 is 0 Å². The van der Waals surface area contributed by atoms with Crippen molar-refractivity contribution in [3.63, 3.8) is 0 Å². The van der Waals surface area contributed by atoms with E-state index in [0.29, 0.717) is 0 Å². The first-order valence-electron chi connectivity index (χ1n) is 6.42. The van der Waals surface area contributed by atoms with E-state index in [9.17, 15) is 0 Å². The molecule has 0 aromatic heterocycles. The zero-order valence-electron chi connectivity index (χ0n) is 10.7. The van der Waals surface area contributed by atoms with Crippen molar-refractivity contribution in [3.05, 3.63) is 23.9 Å². The highest BCUT2D eigenvalue weighted by Gasteiger charge is 2.24. The summed E-state index contributed by atoms with van der Waals surface area (Å²) in [6.07, 6.45) is 7.91. The number of allylic oxidation sites excluding steroid dienone is 1. The van der Waals surface area contributed by atoms with Crippen LogP contribution < -0.4 is 11.5 Å². The molecule has 0 spiro atoms. The van der Waals surface area contributed by atoms with Gasteiger partial charge in [0, 0.05) is 44.0 Å². The Kier molecular flexibility index (Phi) is 3.86. The average molecular weight is 236 g/mol. The predicted octanol–water partition coefficient (Wildman–Crippen LogP) is 0.124. The molecule has 1 heterocycles. The third-order valence-electron chi connectivity index (χ3n) is 3.81. The van der Waals surface area contributed by atoms with Gasteiger partial charge in [0.15, 0.2) is 0 Å². The van der Waals surface area contributed by atoms with Crippen LogP contribution in [0.25, 0.3) is 0 Å². The number of nitrogens with zero attached hydrogens (tertiary/aromatic N) is 2. The van der Waals surface area contributed by atoms with Crippen molar-refractivity contribution in [1.82, 2.24) is 9.80 Å². The fourth-order valence-electron chi connectivity index (χ4n) is 2.33. The van der Waals surface area contributed by atoms with E-state index in [1.54, 1.807) is 0 Å². The lowest BCUT2D eigenvalue weighted by Gasteiger charge is -2.35. The lowest BCUT2D eigenvalue weighted by molar-refractivity contribution is 0.146. The summed E-state index contributed by atoms with van der Waals surface area (Å²) in [5.74, 6) is 0. The van der Waals surface area contributed by atoms with Gasteiger partial charge in [-0.05, 0) is 26.0 Å². The Morgan fingerprint density at radius 3 is 2.59 bits per heavy atom. The van der Waals surface area contributed by atoms with Crippen molar-refractivity contribution in [1.29, 1.82) is 0 Å². The standard InChI is InChI=1S/C13H24N4/c1-16-8-10-17(11-9-16)7-6-13(15)4-2-12(14)3-5-13/h2-4H,5-11,14-15H2,1H3. The normalized spacial score (nSPS) is 31.5. The SMILES string of the molecule is CN1CCN(CCC2(N)C=CC(N)=CC2)CC1. The van der Waals surface area contributed by atoms with Gasteiger partial charge in [0.2, 0.25) is 0 Å². The van der Waals surface area contributed by atoms with E-state index in [0.717, 1.165) is 38.2 Å². The first-order chi connectivity index (χ1) is 8.07. The van der Waals surface area contributed by atoms with Crippen molar-refractivity contribution in [2.75, 3.05) is 39.8 Å². The van der Waals surface area contributed by atoms with Crippen molar-refractivity contribution in [3.8, 4) is 0 Å². The Balaban J connectivity index is 1.77. The van der Waals surface area contributed by atoms with Gasteiger partial charge < -0.3 is 21.3 Å². The third kappa shape index (κ3) is 3.56. The van der Waals surface area contributed by atoms with Crippen molar-refractivity contribution in [2.45, 2.75) is 18.4 Å². The molecular weight excluding hydrogens is 212 g/mol. The molecule has 0 amide bonds. The second kappa shape index (κ2) is 5.21. The van der Waals surface area contributed by atoms with Crippen LogP contribution in [-0.2, 0) is 0 Å². The molecule has 2 rings (SSSR count). The maximum absolute atomic E-state index is 6.34. The molecular formula is C13H24N4. The number of nitrogens with two attached hydrogens (primary N) is 2. The summed E-state index contributed by atoms with van der Waals surface area (Å²) in [5, 5.41) is 0. The van der Waals surface area contributed by atoms with Gasteiger partial charge in [-0.25, -0.2) is 0 Å². The molecule has 1 atom stereocenters. The molecule has 1 fully saturated rings. The molecule has 4 nitrogen and oxygen atoms in total. The molecule has 4 N–H and O–H groups in total. The second-order valence-electron chi connectivity index (χ2n) is 5.37. The molecule has 1 aliphatic heterocycles. The van der Waals surface area contributed by atoms with Gasteiger partial charge in [0.25, 0.3) is 0 Å². The highest BCUT2D eigenvalue weighted by atomic mass is 15.2. The summed E-state index contributed by atoms with van der Waals surface area (Å²) in [5.41, 5.74) is 12.7. The van der Waals surface area contributed by atoms with Crippen LogP contribution in [0.3, 0.4) is 0 Å². The quantitative estimate of drug-likeness (QED) is 0.731. The number of likely N-dealkylation sites (N-methyl/N-ethyl adjacent to an activating group) is 1. The van der Waals surface area contributed by atoms with Crippen LogP contribution in [0.4, 0.5) is 0 Å². The Bertz CT molecular complexity index is 315. The minimum absolute atomic E-state index is 0.188. The van der Waals surface area contributed by atoms with Crippen LogP contribution in [0.2, 0.25) is 0 Å². The molecule has 17 heavy (non-hydrogen) atoms. The summed E-state index contributed by atoms with van der Waals surface area (Å²) < 4.78 is 0. The van der Waals surface area contributed by atoms with Crippen LogP contribution in [0.1, 0.15) is 12.8 Å². The van der Waals surface area contributed by atoms with Crippen LogP contribution >= 0.6 is 0 Å². The molecule has 96 valence electrons. The predicted molar refractivity (Wildman–Crippen MR) is 71.5 cm³/mol. The van der Waals surface area contributed by atoms with Crippen LogP contribution in [-0.4, -0.2) is 55.1 Å². The van der Waals surface area contributed by atoms with Gasteiger partial charge in [0.1, 0.15) is 0 Å². The number of rotatable bonds is 3. The van der Waals surface area contributed by atoms with Gasteiger partial charge in [-0.1, -0.05) is 12.2 Å². The van der Waals surface area contributed by atoms with Crippen LogP contribution in [0, 0.1) is 0 Å². The molecule has 0 aromatic rings. The fourth-order valence-corrected chi connectivity index (χ4v) is 2.33. The Hall–Kier alpha value is -0.840. The number of hydrogen-bond donors (Lipinski definition) is 2. The van der Waals surface area contributed by atoms with Crippen LogP contribution in [0.15, 0.2) is 23.9 Å². The molecule has 0 saturated carbocycles. The van der Waals surface area contributed by atoms with E-state index in [1.165, 1.54) is 13.1 Å². The van der Waals surface area contributed by atoms with Gasteiger partial charge in [0.05, 0.1) is 0 Å². The van der Waals surface area contributed by atoms with Gasteiger partial charge in [-0.2, -0.15) is 0 Å². The largest absolute Gasteiger partial charge is 0.399 e. The Labute approximate surface area is 104 Å². The Morgan fingerprint density at radius 1 is 1.29 bits per heavy atom. The molecule has 1 unspecified atom stereocenters. The topological polar surface area (TPSA) is 58.5 Å². The van der Waals surface area contributed by atoms with Crippen LogP contribution in [0.5, 0.6) is 0 Å². The molecule has 4 heteroatoms. The first kappa shape index (κ1) is 12.6. The monoisotopic (exact) mass is 236 g/mol. The van der Waals surface area contributed by atoms with E-state index in [2.05, 4.69) is 22.9 Å². The second-order valence-corrected chi connectivity index (χ2v) is 5.37. The highest BCUT2D eigenvalue weighted by molar-refractivity contribution is 5.26. The smallest absolute Gasteiger partial charge is 0.0390 e. The molecule has 2 aliphatic rings. The van der Waals surface area contributed by atoms with Gasteiger partial charge >= 0.3 is 0 Å². The maximum Gasteiger partial charge on any atom is 0.0390 e. The summed E-state index contributed by atoms with van der Waals surface area (Å²) in [4.78, 5) is 4.88. The molecule has 0 bridgehead atoms. The molecule has 0 radical (unpaired) electrons. The minimum atomic E-state index is -0.188. The summed E-state index contributed by atoms with van der Waals surface area (Å²) in [6, 6.07) is 0. The van der Waals surface area contributed by atoms with E-state index >= 15 is 0 Å². The lowest BCUT2D eigenvalue weighted by atomic mass is 9.88. The van der Waals surface area contributed by atoms with E-state index in [1.807, 2.05) is 12.2 Å². The highest BCUT2D eigenvalue weighted by Crippen LogP contribution is 2.20. The molecule has 1 saturated heterocycles. The first-order valence-corrected chi connectivity index (χ1v) is 6.42. The average Bonchev–Trinajstić information content (AvgIpc) is 2.33. The van der Waals surface area contributed by atoms with Gasteiger partial charge in [-0.3, -0.25) is 0 Å². The minimum Gasteiger partial charge on any atom is -0.399 e. The lowest BCUT2D eigenvalue weighted by Crippen LogP contribution is -2.48. The van der Waals surface area contributed by atoms with E-state index < -0.39 is 0 Å². The number of hydrogen-bond acceptors (Lipinski definition) is 4. The van der Waals surface area contributed by atoms with Crippen molar-refractivity contribution >= 4 is 0 Å². The zero-order chi connectivity index (χ0) is 12.3. The molecule has 1 aliphatic carbocycles. The van der Waals surface area contributed by atoms with Crippen molar-refractivity contribution in [2.24, 2.45) is 11.5 Å². The van der Waals surface area contributed by atoms with E-state index in [-0.39, 0.29) is 5.54 Å². The zero-order valence-corrected chi connectivity index (χ0v) is 10.7. The fraction of sp³-hybridized carbons (Fsp3) is 0.692. The van der Waals surface area contributed by atoms with Gasteiger partial charge in [-0.15, -0.1) is 0 Å². The summed E-state index contributed by atoms with van der Waals surface area (Å²) >= 11 is 0. The summed E-state index contributed by atoms with van der Waals surface area (Å²) in [6.45, 7) is 5.74. The maximum atomic E-state index is 6.34. The molecule has 0 aromatic carbocycles. The third-order valence-corrected chi connectivity index (χ3v) is 3.81. The Morgan fingerprint density at radius 2 is 2.00 bits per heavy atom. The summed E-state index contributed by atoms with van der Waals surface area (Å²) in [7, 11) is 2.18. The number of piperazine rings is 1. The van der Waals surface area contributed by atoms with E-state index in [4.69, 9.17) is 11.5 Å².